The third kappa shape index (κ3) is 5.75. The number of pyridine rings is 1. The van der Waals surface area contributed by atoms with Crippen LogP contribution in [0.15, 0.2) is 55.3 Å². The number of piperidine rings is 1. The predicted molar refractivity (Wildman–Crippen MR) is 161 cm³/mol. The van der Waals surface area contributed by atoms with E-state index in [4.69, 9.17) is 0 Å². The molecule has 2 saturated heterocycles. The molecule has 214 valence electrons. The highest BCUT2D eigenvalue weighted by Gasteiger charge is 2.44. The van der Waals surface area contributed by atoms with Gasteiger partial charge in [0.15, 0.2) is 0 Å². The lowest BCUT2D eigenvalue weighted by Crippen LogP contribution is -2.60. The van der Waals surface area contributed by atoms with Crippen molar-refractivity contribution in [1.29, 1.82) is 0 Å². The van der Waals surface area contributed by atoms with E-state index in [2.05, 4.69) is 66.3 Å². The van der Waals surface area contributed by atoms with Gasteiger partial charge in [0.25, 0.3) is 5.91 Å². The van der Waals surface area contributed by atoms with E-state index in [-0.39, 0.29) is 11.5 Å². The standard InChI is InChI=1S/C31H38N8O2/c1-3-15-32-29(41)24-18-33-30(37-28(24)36-26-12-6-21-5-11-25(40)27(21)35-26)34-22-7-9-23(10-8-22)39-19-31(20-39)13-16-38(4-2)17-14-31/h3,6-10,12,18,25,40H,1,4-5,11,13-17,19-20H2,2H3,(H,32,41)(H2,33,34,35,36,37). The summed E-state index contributed by atoms with van der Waals surface area (Å²) in [4.78, 5) is 31.5. The fourth-order valence-electron chi connectivity index (χ4n) is 6.08. The zero-order chi connectivity index (χ0) is 28.4. The summed E-state index contributed by atoms with van der Waals surface area (Å²) >= 11 is 0. The second-order valence-corrected chi connectivity index (χ2v) is 11.3. The molecular weight excluding hydrogens is 516 g/mol. The molecule has 10 nitrogen and oxygen atoms in total. The molecule has 0 radical (unpaired) electrons. The van der Waals surface area contributed by atoms with E-state index < -0.39 is 6.10 Å². The molecule has 41 heavy (non-hydrogen) atoms. The fourth-order valence-corrected chi connectivity index (χ4v) is 6.08. The molecule has 10 heteroatoms. The van der Waals surface area contributed by atoms with Crippen LogP contribution in [0.5, 0.6) is 0 Å². The number of likely N-dealkylation sites (tertiary alicyclic amines) is 1. The molecule has 2 fully saturated rings. The first-order chi connectivity index (χ1) is 19.9. The maximum absolute atomic E-state index is 12.8. The van der Waals surface area contributed by atoms with Crippen molar-refractivity contribution in [3.05, 3.63) is 72.1 Å². The minimum Gasteiger partial charge on any atom is -0.387 e. The number of aryl methyl sites for hydroxylation is 1. The lowest BCUT2D eigenvalue weighted by molar-refractivity contribution is 0.0795. The molecule has 0 bridgehead atoms. The number of amides is 1. The van der Waals surface area contributed by atoms with Crippen LogP contribution in [0.3, 0.4) is 0 Å². The number of carbonyl (C=O) groups excluding carboxylic acids is 1. The van der Waals surface area contributed by atoms with Crippen molar-refractivity contribution in [2.24, 2.45) is 5.41 Å². The Morgan fingerprint density at radius 2 is 1.90 bits per heavy atom. The maximum atomic E-state index is 12.8. The topological polar surface area (TPSA) is 119 Å². The van der Waals surface area contributed by atoms with Gasteiger partial charge < -0.3 is 30.9 Å². The molecule has 1 aromatic carbocycles. The fraction of sp³-hybridized carbons (Fsp3) is 0.419. The predicted octanol–water partition coefficient (Wildman–Crippen LogP) is 4.18. The average Bonchev–Trinajstić information content (AvgIpc) is 3.35. The smallest absolute Gasteiger partial charge is 0.256 e. The van der Waals surface area contributed by atoms with Crippen molar-refractivity contribution in [2.75, 3.05) is 54.8 Å². The molecule has 2 aliphatic heterocycles. The molecule has 4 heterocycles. The van der Waals surface area contributed by atoms with E-state index in [9.17, 15) is 9.90 Å². The number of aliphatic hydroxyl groups is 1. The number of aliphatic hydroxyl groups excluding tert-OH is 1. The highest BCUT2D eigenvalue weighted by atomic mass is 16.3. The molecule has 1 amide bonds. The van der Waals surface area contributed by atoms with E-state index in [1.54, 1.807) is 6.08 Å². The van der Waals surface area contributed by atoms with E-state index in [1.165, 1.54) is 37.8 Å². The molecule has 3 aromatic rings. The summed E-state index contributed by atoms with van der Waals surface area (Å²) in [6, 6.07) is 12.1. The van der Waals surface area contributed by atoms with Gasteiger partial charge in [-0.25, -0.2) is 9.97 Å². The van der Waals surface area contributed by atoms with Crippen molar-refractivity contribution in [2.45, 2.75) is 38.7 Å². The number of nitrogens with zero attached hydrogens (tertiary/aromatic N) is 5. The number of fused-ring (bicyclic) bond motifs is 1. The quantitative estimate of drug-likeness (QED) is 0.289. The van der Waals surface area contributed by atoms with Gasteiger partial charge in [-0.05, 0) is 81.2 Å². The van der Waals surface area contributed by atoms with Crippen molar-refractivity contribution in [3.8, 4) is 0 Å². The second-order valence-electron chi connectivity index (χ2n) is 11.3. The van der Waals surface area contributed by atoms with E-state index in [0.717, 1.165) is 37.3 Å². The number of hydrogen-bond acceptors (Lipinski definition) is 9. The van der Waals surface area contributed by atoms with Crippen LogP contribution in [0.2, 0.25) is 0 Å². The Hall–Kier alpha value is -4.02. The first-order valence-electron chi connectivity index (χ1n) is 14.5. The largest absolute Gasteiger partial charge is 0.387 e. The summed E-state index contributed by atoms with van der Waals surface area (Å²) in [5.41, 5.74) is 4.54. The minimum absolute atomic E-state index is 0.284. The Balaban J connectivity index is 1.15. The van der Waals surface area contributed by atoms with Gasteiger partial charge in [-0.15, -0.1) is 6.58 Å². The third-order valence-electron chi connectivity index (χ3n) is 8.61. The lowest BCUT2D eigenvalue weighted by Gasteiger charge is -2.55. The molecule has 3 aliphatic rings. The number of hydrogen-bond donors (Lipinski definition) is 4. The minimum atomic E-state index is -0.580. The van der Waals surface area contributed by atoms with Crippen LogP contribution in [0.1, 0.15) is 53.9 Å². The zero-order valence-corrected chi connectivity index (χ0v) is 23.6. The number of aromatic nitrogens is 3. The number of nitrogens with one attached hydrogen (secondary N) is 3. The SMILES string of the molecule is C=CCNC(=O)c1cnc(Nc2ccc(N3CC4(CCN(CC)CC4)C3)cc2)nc1Nc1ccc2c(n1)C(O)CC2. The van der Waals surface area contributed by atoms with Crippen molar-refractivity contribution >= 4 is 34.9 Å². The van der Waals surface area contributed by atoms with Gasteiger partial charge in [-0.2, -0.15) is 4.98 Å². The first-order valence-corrected chi connectivity index (χ1v) is 14.5. The maximum Gasteiger partial charge on any atom is 0.256 e. The summed E-state index contributed by atoms with van der Waals surface area (Å²) in [6.45, 7) is 12.0. The molecule has 1 aliphatic carbocycles. The Morgan fingerprint density at radius 1 is 1.12 bits per heavy atom. The first kappa shape index (κ1) is 27.2. The molecule has 1 unspecified atom stereocenters. The summed E-state index contributed by atoms with van der Waals surface area (Å²) in [5, 5.41) is 19.5. The van der Waals surface area contributed by atoms with Crippen LogP contribution in [-0.4, -0.2) is 70.1 Å². The lowest BCUT2D eigenvalue weighted by atomic mass is 9.72. The highest BCUT2D eigenvalue weighted by Crippen LogP contribution is 2.42. The Kier molecular flexibility index (Phi) is 7.59. The molecule has 1 atom stereocenters. The number of rotatable bonds is 9. The molecule has 6 rings (SSSR count). The Morgan fingerprint density at radius 3 is 2.63 bits per heavy atom. The average molecular weight is 555 g/mol. The molecule has 2 aromatic heterocycles. The second kappa shape index (κ2) is 11.5. The monoisotopic (exact) mass is 554 g/mol. The van der Waals surface area contributed by atoms with Gasteiger partial charge in [0.1, 0.15) is 17.2 Å². The number of carbonyl (C=O) groups is 1. The van der Waals surface area contributed by atoms with E-state index in [0.29, 0.717) is 41.7 Å². The van der Waals surface area contributed by atoms with Crippen molar-refractivity contribution in [3.63, 3.8) is 0 Å². The number of anilines is 5. The normalized spacial score (nSPS) is 19.4. The number of benzene rings is 1. The molecule has 0 saturated carbocycles. The van der Waals surface area contributed by atoms with Crippen LogP contribution in [0.4, 0.5) is 29.0 Å². The van der Waals surface area contributed by atoms with Crippen LogP contribution in [0.25, 0.3) is 0 Å². The molecule has 1 spiro atoms. The summed E-state index contributed by atoms with van der Waals surface area (Å²) < 4.78 is 0. The van der Waals surface area contributed by atoms with Crippen molar-refractivity contribution < 1.29 is 9.90 Å². The van der Waals surface area contributed by atoms with Crippen LogP contribution < -0.4 is 20.9 Å². The van der Waals surface area contributed by atoms with Gasteiger partial charge in [0.2, 0.25) is 5.95 Å². The summed E-state index contributed by atoms with van der Waals surface area (Å²) in [5.74, 6) is 0.856. The van der Waals surface area contributed by atoms with Crippen LogP contribution >= 0.6 is 0 Å². The van der Waals surface area contributed by atoms with Crippen LogP contribution in [0, 0.1) is 5.41 Å². The summed E-state index contributed by atoms with van der Waals surface area (Å²) in [6.07, 6.45) is 6.57. The Labute approximate surface area is 240 Å². The van der Waals surface area contributed by atoms with Gasteiger partial charge in [0.05, 0.1) is 11.8 Å². The zero-order valence-electron chi connectivity index (χ0n) is 23.6. The molecule has 4 N–H and O–H groups in total. The van der Waals surface area contributed by atoms with Crippen LogP contribution in [-0.2, 0) is 6.42 Å². The molecular formula is C31H38N8O2. The van der Waals surface area contributed by atoms with Gasteiger partial charge >= 0.3 is 0 Å². The van der Waals surface area contributed by atoms with Gasteiger partial charge in [-0.1, -0.05) is 19.1 Å². The van der Waals surface area contributed by atoms with Crippen molar-refractivity contribution in [1.82, 2.24) is 25.2 Å². The highest BCUT2D eigenvalue weighted by molar-refractivity contribution is 5.99. The summed E-state index contributed by atoms with van der Waals surface area (Å²) in [7, 11) is 0. The van der Waals surface area contributed by atoms with E-state index in [1.807, 2.05) is 24.3 Å². The third-order valence-corrected chi connectivity index (χ3v) is 8.61. The Bertz CT molecular complexity index is 1410. The van der Waals surface area contributed by atoms with Gasteiger partial charge in [-0.3, -0.25) is 4.79 Å². The van der Waals surface area contributed by atoms with Gasteiger partial charge in [0, 0.05) is 42.6 Å². The van der Waals surface area contributed by atoms with E-state index >= 15 is 0 Å².